The molecule has 0 aliphatic carbocycles. The Morgan fingerprint density at radius 3 is 2.55 bits per heavy atom. The number of likely N-dealkylation sites (tertiary alicyclic amines) is 1. The van der Waals surface area contributed by atoms with Gasteiger partial charge in [-0.3, -0.25) is 14.2 Å². The summed E-state index contributed by atoms with van der Waals surface area (Å²) in [6.45, 7) is 11.1. The molecule has 3 aromatic heterocycles. The number of aromatic nitrogens is 4. The van der Waals surface area contributed by atoms with Crippen molar-refractivity contribution in [2.75, 3.05) is 40.5 Å². The lowest BCUT2D eigenvalue weighted by molar-refractivity contribution is -0.133. The van der Waals surface area contributed by atoms with E-state index in [1.54, 1.807) is 62.2 Å². The van der Waals surface area contributed by atoms with Crippen LogP contribution in [-0.4, -0.2) is 76.3 Å². The van der Waals surface area contributed by atoms with Crippen molar-refractivity contribution in [3.8, 4) is 5.00 Å². The Kier molecular flexibility index (Phi) is 9.44. The van der Waals surface area contributed by atoms with Gasteiger partial charge in [0.1, 0.15) is 22.0 Å². The maximum atomic E-state index is 14.2. The van der Waals surface area contributed by atoms with E-state index < -0.39 is 23.4 Å². The van der Waals surface area contributed by atoms with Crippen molar-refractivity contribution in [2.24, 2.45) is 0 Å². The van der Waals surface area contributed by atoms with Crippen LogP contribution in [0.25, 0.3) is 15.2 Å². The second-order valence-electron chi connectivity index (χ2n) is 9.71. The predicted octanol–water partition coefficient (Wildman–Crippen LogP) is 3.04. The third-order valence-electron chi connectivity index (χ3n) is 7.33. The number of carbonyl (C=O) groups excluding carboxylic acids is 1. The second-order valence-corrected chi connectivity index (χ2v) is 10.7. The number of methoxy groups -OCH3 is 2. The molecule has 0 spiro atoms. The Hall–Kier alpha value is -3.48. The van der Waals surface area contributed by atoms with Gasteiger partial charge in [-0.1, -0.05) is 24.0 Å². The van der Waals surface area contributed by atoms with Gasteiger partial charge in [-0.15, -0.1) is 0 Å². The van der Waals surface area contributed by atoms with Gasteiger partial charge in [0.05, 0.1) is 38.0 Å². The number of hydrogen-bond acceptors (Lipinski definition) is 8. The molecule has 12 heteroatoms. The lowest BCUT2D eigenvalue weighted by Crippen LogP contribution is -2.47. The topological polar surface area (TPSA) is 110 Å². The normalized spacial score (nSPS) is 15.8. The summed E-state index contributed by atoms with van der Waals surface area (Å²) in [5, 5.41) is 5.43. The van der Waals surface area contributed by atoms with Crippen LogP contribution in [0.15, 0.2) is 52.0 Å². The van der Waals surface area contributed by atoms with Crippen LogP contribution in [0, 0.1) is 6.92 Å². The van der Waals surface area contributed by atoms with Crippen molar-refractivity contribution in [3.63, 3.8) is 0 Å². The summed E-state index contributed by atoms with van der Waals surface area (Å²) in [7, 11) is 3.14. The average Bonchev–Trinajstić information content (AvgIpc) is 3.72. The quantitative estimate of drug-likeness (QED) is 0.187. The highest BCUT2D eigenvalue weighted by atomic mass is 32.1. The number of thiophene rings is 1. The molecule has 1 aliphatic heterocycles. The minimum Gasteiger partial charge on any atom is -0.501 e. The van der Waals surface area contributed by atoms with Crippen LogP contribution in [0.2, 0.25) is 0 Å². The summed E-state index contributed by atoms with van der Waals surface area (Å²) < 4.78 is 21.1. The van der Waals surface area contributed by atoms with E-state index in [-0.39, 0.29) is 19.1 Å². The first kappa shape index (κ1) is 29.5. The van der Waals surface area contributed by atoms with Gasteiger partial charge >= 0.3 is 5.69 Å². The van der Waals surface area contributed by atoms with E-state index in [9.17, 15) is 14.4 Å². The minimum absolute atomic E-state index is 0.0600. The molecule has 3 aromatic rings. The first-order valence-electron chi connectivity index (χ1n) is 13.3. The Labute approximate surface area is 236 Å². The second kappa shape index (κ2) is 12.8. The maximum Gasteiger partial charge on any atom is 0.332 e. The predicted molar refractivity (Wildman–Crippen MR) is 154 cm³/mol. The highest BCUT2D eigenvalue weighted by Crippen LogP contribution is 2.32. The highest BCUT2D eigenvalue weighted by Gasteiger charge is 2.31. The number of carbonyl (C=O) groups is 1. The summed E-state index contributed by atoms with van der Waals surface area (Å²) in [4.78, 5) is 43.7. The molecule has 11 nitrogen and oxygen atoms in total. The molecular weight excluding hydrogens is 534 g/mol. The average molecular weight is 572 g/mol. The largest absolute Gasteiger partial charge is 0.501 e. The fourth-order valence-corrected chi connectivity index (χ4v) is 6.32. The Morgan fingerprint density at radius 2 is 1.95 bits per heavy atom. The molecule has 2 atom stereocenters. The van der Waals surface area contributed by atoms with Crippen molar-refractivity contribution < 1.29 is 19.0 Å². The number of allylic oxidation sites excluding steroid dienone is 1. The summed E-state index contributed by atoms with van der Waals surface area (Å²) in [6.07, 6.45) is 6.26. The number of aryl methyl sites for hydroxylation is 1. The van der Waals surface area contributed by atoms with E-state index in [1.807, 2.05) is 6.92 Å². The lowest BCUT2D eigenvalue weighted by atomic mass is 10.1. The highest BCUT2D eigenvalue weighted by molar-refractivity contribution is 7.21. The van der Waals surface area contributed by atoms with Crippen molar-refractivity contribution in [3.05, 3.63) is 68.8 Å². The van der Waals surface area contributed by atoms with Crippen LogP contribution in [-0.2, 0) is 25.5 Å². The van der Waals surface area contributed by atoms with Crippen LogP contribution in [0.4, 0.5) is 0 Å². The van der Waals surface area contributed by atoms with Crippen LogP contribution in [0.5, 0.6) is 0 Å². The molecule has 1 aliphatic rings. The van der Waals surface area contributed by atoms with Gasteiger partial charge in [0.25, 0.3) is 5.56 Å². The van der Waals surface area contributed by atoms with Crippen LogP contribution in [0.1, 0.15) is 38.3 Å². The van der Waals surface area contributed by atoms with Crippen molar-refractivity contribution in [1.82, 2.24) is 23.8 Å². The third-order valence-corrected chi connectivity index (χ3v) is 8.63. The van der Waals surface area contributed by atoms with E-state index in [0.717, 1.165) is 17.4 Å². The molecule has 0 unspecified atom stereocenters. The van der Waals surface area contributed by atoms with Crippen molar-refractivity contribution in [2.45, 2.75) is 52.3 Å². The summed E-state index contributed by atoms with van der Waals surface area (Å²) >= 11 is 1.30. The number of hydrogen-bond donors (Lipinski definition) is 0. The van der Waals surface area contributed by atoms with Gasteiger partial charge in [-0.25, -0.2) is 14.0 Å². The zero-order valence-corrected chi connectivity index (χ0v) is 24.5. The third kappa shape index (κ3) is 5.56. The van der Waals surface area contributed by atoms with E-state index in [2.05, 4.69) is 11.7 Å². The molecule has 0 radical (unpaired) electrons. The molecule has 40 heavy (non-hydrogen) atoms. The van der Waals surface area contributed by atoms with Gasteiger partial charge < -0.3 is 19.1 Å². The van der Waals surface area contributed by atoms with E-state index in [1.165, 1.54) is 15.9 Å². The van der Waals surface area contributed by atoms with E-state index >= 15 is 0 Å². The molecule has 0 bridgehead atoms. The van der Waals surface area contributed by atoms with Gasteiger partial charge in [0.2, 0.25) is 5.91 Å². The Morgan fingerprint density at radius 1 is 1.23 bits per heavy atom. The van der Waals surface area contributed by atoms with E-state index in [0.29, 0.717) is 51.8 Å². The van der Waals surface area contributed by atoms with Gasteiger partial charge in [0.15, 0.2) is 0 Å². The maximum absolute atomic E-state index is 14.2. The summed E-state index contributed by atoms with van der Waals surface area (Å²) in [5.74, 6) is 0.352. The molecule has 1 fully saturated rings. The molecule has 4 heterocycles. The zero-order valence-electron chi connectivity index (χ0n) is 23.7. The van der Waals surface area contributed by atoms with E-state index in [4.69, 9.17) is 14.2 Å². The Balaban J connectivity index is 1.95. The lowest BCUT2D eigenvalue weighted by Gasteiger charge is -2.25. The first-order chi connectivity index (χ1) is 19.2. The SMILES string of the molecule is C=C/C(=C(\C)OC)[C@H](Cn1c(=O)n([C@@H](C)C(=O)N2CCCC2)c(=O)c2c(C)c(-n3cccn3)sc21)OCCOC. The molecule has 0 aromatic carbocycles. The molecule has 1 amide bonds. The Bertz CT molecular complexity index is 1510. The van der Waals surface area contributed by atoms with Crippen LogP contribution < -0.4 is 11.2 Å². The summed E-state index contributed by atoms with van der Waals surface area (Å²) in [6, 6.07) is 0.824. The molecule has 216 valence electrons. The molecule has 1 saturated heterocycles. The van der Waals surface area contributed by atoms with Crippen LogP contribution >= 0.6 is 11.3 Å². The smallest absolute Gasteiger partial charge is 0.332 e. The molecule has 4 rings (SSSR count). The number of nitrogens with zero attached hydrogens (tertiary/aromatic N) is 5. The van der Waals surface area contributed by atoms with Crippen molar-refractivity contribution in [1.29, 1.82) is 0 Å². The molecular formula is C28H37N5O6S. The minimum atomic E-state index is -0.968. The zero-order chi connectivity index (χ0) is 29.0. The summed E-state index contributed by atoms with van der Waals surface area (Å²) in [5.41, 5.74) is 0.275. The monoisotopic (exact) mass is 571 g/mol. The number of amides is 1. The number of rotatable bonds is 12. The van der Waals surface area contributed by atoms with Gasteiger partial charge in [0, 0.05) is 43.7 Å². The number of ether oxygens (including phenoxy) is 3. The fourth-order valence-electron chi connectivity index (χ4n) is 5.08. The molecule has 0 saturated carbocycles. The first-order valence-corrected chi connectivity index (χ1v) is 14.1. The van der Waals surface area contributed by atoms with Gasteiger partial charge in [-0.05, 0) is 39.7 Å². The van der Waals surface area contributed by atoms with Gasteiger partial charge in [-0.2, -0.15) is 5.10 Å². The van der Waals surface area contributed by atoms with Crippen LogP contribution in [0.3, 0.4) is 0 Å². The standard InChI is InChI=1S/C28H37N5O6S/c1-7-21(20(4)38-6)22(39-16-15-37-5)17-31-27-23(18(2)26(40-27)32-14-10-11-29-32)25(35)33(28(31)36)19(3)24(34)30-12-8-9-13-30/h7,10-11,14,19,22H,1,8-9,12-13,15-17H2,2-6H3/b21-20-/t19-,22-/m0/s1. The number of fused-ring (bicyclic) bond motifs is 1. The fraction of sp³-hybridized carbons (Fsp3) is 0.500. The molecule has 0 N–H and O–H groups in total. The van der Waals surface area contributed by atoms with Crippen molar-refractivity contribution >= 4 is 27.5 Å².